The summed E-state index contributed by atoms with van der Waals surface area (Å²) in [4.78, 5) is 27.7. The standard InChI is InChI=1S/C29H26N2O2S/c1-18-11-19(2)13-26(12-18)31-20(3)14-25(21(31)4)16-27-28(32)30(29(33)34-27)17-22-9-10-23-7-5-6-8-24(23)15-22/h5-16H,17H2,1-4H3/b27-16-. The lowest BCUT2D eigenvalue weighted by Gasteiger charge is -2.13. The number of hydrogen-bond donors (Lipinski definition) is 0. The van der Waals surface area contributed by atoms with Crippen LogP contribution in [-0.4, -0.2) is 20.6 Å². The first kappa shape index (κ1) is 22.2. The summed E-state index contributed by atoms with van der Waals surface area (Å²) in [6.07, 6.45) is 1.85. The molecule has 2 amide bonds. The van der Waals surface area contributed by atoms with Gasteiger partial charge in [-0.2, -0.15) is 0 Å². The maximum atomic E-state index is 13.2. The third kappa shape index (κ3) is 4.08. The fourth-order valence-electron chi connectivity index (χ4n) is 4.71. The maximum absolute atomic E-state index is 13.2. The summed E-state index contributed by atoms with van der Waals surface area (Å²) in [5.74, 6) is -0.237. The summed E-state index contributed by atoms with van der Waals surface area (Å²) in [5, 5.41) is 2.01. The van der Waals surface area contributed by atoms with Gasteiger partial charge in [0.25, 0.3) is 11.1 Å². The van der Waals surface area contributed by atoms with Gasteiger partial charge in [-0.25, -0.2) is 0 Å². The number of imide groups is 1. The molecule has 4 nitrogen and oxygen atoms in total. The number of amides is 2. The van der Waals surface area contributed by atoms with E-state index in [0.717, 1.165) is 50.7 Å². The molecule has 1 saturated heterocycles. The van der Waals surface area contributed by atoms with E-state index in [1.54, 1.807) is 0 Å². The Bertz CT molecular complexity index is 1480. The minimum Gasteiger partial charge on any atom is -0.318 e. The molecule has 0 saturated carbocycles. The van der Waals surface area contributed by atoms with Crippen molar-refractivity contribution in [2.45, 2.75) is 34.2 Å². The molecular weight excluding hydrogens is 440 g/mol. The zero-order chi connectivity index (χ0) is 24.0. The third-order valence-electron chi connectivity index (χ3n) is 6.25. The van der Waals surface area contributed by atoms with Gasteiger partial charge >= 0.3 is 0 Å². The SMILES string of the molecule is Cc1cc(C)cc(-n2c(C)cc(/C=C3\SC(=O)N(Cc4ccc5ccccc5c4)C3=O)c2C)c1. The van der Waals surface area contributed by atoms with Crippen molar-refractivity contribution in [2.24, 2.45) is 0 Å². The molecule has 0 unspecified atom stereocenters. The Balaban J connectivity index is 1.43. The normalized spacial score (nSPS) is 15.2. The quantitative estimate of drug-likeness (QED) is 0.301. The molecule has 4 aromatic rings. The minimum atomic E-state index is -0.237. The number of aryl methyl sites for hydroxylation is 3. The molecule has 1 aliphatic rings. The van der Waals surface area contributed by atoms with E-state index >= 15 is 0 Å². The number of aromatic nitrogens is 1. The first-order valence-electron chi connectivity index (χ1n) is 11.3. The van der Waals surface area contributed by atoms with Crippen molar-refractivity contribution in [1.29, 1.82) is 0 Å². The lowest BCUT2D eigenvalue weighted by atomic mass is 10.1. The second-order valence-electron chi connectivity index (χ2n) is 8.96. The van der Waals surface area contributed by atoms with Crippen molar-refractivity contribution in [1.82, 2.24) is 9.47 Å². The van der Waals surface area contributed by atoms with E-state index in [-0.39, 0.29) is 17.7 Å². The molecular formula is C29H26N2O2S. The highest BCUT2D eigenvalue weighted by atomic mass is 32.2. The lowest BCUT2D eigenvalue weighted by Crippen LogP contribution is -2.27. The molecule has 0 atom stereocenters. The number of thioether (sulfide) groups is 1. The summed E-state index contributed by atoms with van der Waals surface area (Å²) in [6.45, 7) is 8.58. The molecule has 170 valence electrons. The molecule has 1 aliphatic heterocycles. The van der Waals surface area contributed by atoms with E-state index in [2.05, 4.69) is 62.6 Å². The fourth-order valence-corrected chi connectivity index (χ4v) is 5.54. The molecule has 0 bridgehead atoms. The Kier molecular flexibility index (Phi) is 5.66. The first-order chi connectivity index (χ1) is 16.3. The van der Waals surface area contributed by atoms with E-state index in [4.69, 9.17) is 0 Å². The largest absolute Gasteiger partial charge is 0.318 e. The highest BCUT2D eigenvalue weighted by molar-refractivity contribution is 8.18. The molecule has 0 aliphatic carbocycles. The third-order valence-corrected chi connectivity index (χ3v) is 7.16. The van der Waals surface area contributed by atoms with Crippen LogP contribution in [0, 0.1) is 27.7 Å². The van der Waals surface area contributed by atoms with Gasteiger partial charge in [0.05, 0.1) is 11.4 Å². The van der Waals surface area contributed by atoms with E-state index in [9.17, 15) is 9.59 Å². The number of carbonyl (C=O) groups excluding carboxylic acids is 2. The van der Waals surface area contributed by atoms with Crippen LogP contribution in [-0.2, 0) is 11.3 Å². The minimum absolute atomic E-state index is 0.229. The summed E-state index contributed by atoms with van der Waals surface area (Å²) < 4.78 is 2.20. The molecule has 2 heterocycles. The zero-order valence-electron chi connectivity index (χ0n) is 19.8. The van der Waals surface area contributed by atoms with E-state index < -0.39 is 0 Å². The number of rotatable bonds is 4. The van der Waals surface area contributed by atoms with Crippen LogP contribution in [0.4, 0.5) is 4.79 Å². The Morgan fingerprint density at radius 3 is 2.26 bits per heavy atom. The van der Waals surface area contributed by atoms with Gasteiger partial charge < -0.3 is 4.57 Å². The van der Waals surface area contributed by atoms with Gasteiger partial charge in [0.2, 0.25) is 0 Å². The average molecular weight is 467 g/mol. The van der Waals surface area contributed by atoms with Crippen LogP contribution in [0.25, 0.3) is 22.5 Å². The van der Waals surface area contributed by atoms with Crippen LogP contribution in [0.2, 0.25) is 0 Å². The average Bonchev–Trinajstić information content (AvgIpc) is 3.22. The topological polar surface area (TPSA) is 42.3 Å². The van der Waals surface area contributed by atoms with Gasteiger partial charge in [0.15, 0.2) is 0 Å². The lowest BCUT2D eigenvalue weighted by molar-refractivity contribution is -0.123. The van der Waals surface area contributed by atoms with E-state index in [1.165, 1.54) is 16.0 Å². The predicted molar refractivity (Wildman–Crippen MR) is 140 cm³/mol. The number of carbonyl (C=O) groups is 2. The van der Waals surface area contributed by atoms with E-state index in [0.29, 0.717) is 4.91 Å². The maximum Gasteiger partial charge on any atom is 0.293 e. The van der Waals surface area contributed by atoms with Gasteiger partial charge in [-0.3, -0.25) is 14.5 Å². The summed E-state index contributed by atoms with van der Waals surface area (Å²) >= 11 is 1.01. The Morgan fingerprint density at radius 2 is 1.53 bits per heavy atom. The summed E-state index contributed by atoms with van der Waals surface area (Å²) in [7, 11) is 0. The highest BCUT2D eigenvalue weighted by Gasteiger charge is 2.35. The molecule has 0 spiro atoms. The molecule has 3 aromatic carbocycles. The van der Waals surface area contributed by atoms with Crippen LogP contribution >= 0.6 is 11.8 Å². The van der Waals surface area contributed by atoms with Crippen LogP contribution in [0.15, 0.2) is 71.6 Å². The van der Waals surface area contributed by atoms with Crippen molar-refractivity contribution in [3.8, 4) is 5.69 Å². The van der Waals surface area contributed by atoms with Gasteiger partial charge in [-0.05, 0) is 103 Å². The molecule has 5 rings (SSSR count). The van der Waals surface area contributed by atoms with Crippen LogP contribution in [0.5, 0.6) is 0 Å². The van der Waals surface area contributed by atoms with Gasteiger partial charge in [0.1, 0.15) is 0 Å². The first-order valence-corrected chi connectivity index (χ1v) is 12.1. The molecule has 0 N–H and O–H groups in total. The second-order valence-corrected chi connectivity index (χ2v) is 9.95. The number of hydrogen-bond acceptors (Lipinski definition) is 3. The molecule has 5 heteroatoms. The zero-order valence-corrected chi connectivity index (χ0v) is 20.6. The van der Waals surface area contributed by atoms with Gasteiger partial charge in [-0.1, -0.05) is 42.5 Å². The molecule has 1 fully saturated rings. The molecule has 0 radical (unpaired) electrons. The van der Waals surface area contributed by atoms with Crippen molar-refractivity contribution < 1.29 is 9.59 Å². The van der Waals surface area contributed by atoms with Gasteiger partial charge in [-0.15, -0.1) is 0 Å². The van der Waals surface area contributed by atoms with Crippen molar-refractivity contribution in [2.75, 3.05) is 0 Å². The number of benzene rings is 3. The Morgan fingerprint density at radius 1 is 0.824 bits per heavy atom. The summed E-state index contributed by atoms with van der Waals surface area (Å²) in [6, 6.07) is 22.7. The van der Waals surface area contributed by atoms with Crippen LogP contribution in [0.1, 0.15) is 33.6 Å². The number of fused-ring (bicyclic) bond motifs is 1. The molecule has 1 aromatic heterocycles. The Labute approximate surface area is 203 Å². The van der Waals surface area contributed by atoms with E-state index in [1.807, 2.05) is 42.5 Å². The van der Waals surface area contributed by atoms with Crippen molar-refractivity contribution in [3.63, 3.8) is 0 Å². The van der Waals surface area contributed by atoms with Crippen molar-refractivity contribution >= 4 is 39.8 Å². The Hall–Kier alpha value is -3.57. The molecule has 34 heavy (non-hydrogen) atoms. The second kappa shape index (κ2) is 8.65. The van der Waals surface area contributed by atoms with Crippen LogP contribution < -0.4 is 0 Å². The fraction of sp³-hybridized carbons (Fsp3) is 0.172. The highest BCUT2D eigenvalue weighted by Crippen LogP contribution is 2.35. The van der Waals surface area contributed by atoms with Crippen LogP contribution in [0.3, 0.4) is 0 Å². The number of nitrogens with zero attached hydrogens (tertiary/aromatic N) is 2. The predicted octanol–water partition coefficient (Wildman–Crippen LogP) is 7.10. The van der Waals surface area contributed by atoms with Crippen molar-refractivity contribution in [3.05, 3.63) is 105 Å². The summed E-state index contributed by atoms with van der Waals surface area (Å²) in [5.41, 5.74) is 7.55. The monoisotopic (exact) mass is 466 g/mol. The van der Waals surface area contributed by atoms with Gasteiger partial charge in [0, 0.05) is 17.1 Å². The smallest absolute Gasteiger partial charge is 0.293 e.